The second-order valence-corrected chi connectivity index (χ2v) is 16.8. The Bertz CT molecular complexity index is 3170. The molecule has 0 unspecified atom stereocenters. The monoisotopic (exact) mass is 758 g/mol. The van der Waals surface area contributed by atoms with E-state index >= 15 is 0 Å². The van der Waals surface area contributed by atoms with Crippen molar-refractivity contribution in [3.05, 3.63) is 194 Å². The molecule has 0 spiro atoms. The highest BCUT2D eigenvalue weighted by molar-refractivity contribution is 7.06. The fourth-order valence-corrected chi connectivity index (χ4v) is 11.9. The molecule has 6 aliphatic heterocycles. The summed E-state index contributed by atoms with van der Waals surface area (Å²) in [5.74, 6) is 0. The lowest BCUT2D eigenvalue weighted by molar-refractivity contribution is 1.22. The molecule has 0 saturated carbocycles. The Morgan fingerprint density at radius 3 is 1.17 bits per heavy atom. The van der Waals surface area contributed by atoms with Gasteiger partial charge in [0.2, 0.25) is 0 Å². The van der Waals surface area contributed by atoms with Gasteiger partial charge in [-0.2, -0.15) is 0 Å². The van der Waals surface area contributed by atoms with Crippen LogP contribution in [0.2, 0.25) is 0 Å². The molecule has 0 N–H and O–H groups in total. The molecule has 9 aromatic rings. The quantitative estimate of drug-likeness (QED) is 0.166. The predicted octanol–water partition coefficient (Wildman–Crippen LogP) is 10.4. The predicted molar refractivity (Wildman–Crippen MR) is 252 cm³/mol. The van der Waals surface area contributed by atoms with Crippen molar-refractivity contribution in [2.45, 2.75) is 0 Å². The van der Waals surface area contributed by atoms with Crippen LogP contribution in [0.5, 0.6) is 0 Å². The summed E-state index contributed by atoms with van der Waals surface area (Å²) in [4.78, 5) is 10.4. The van der Waals surface area contributed by atoms with E-state index in [9.17, 15) is 0 Å². The highest BCUT2D eigenvalue weighted by Crippen LogP contribution is 2.57. The van der Waals surface area contributed by atoms with E-state index in [0.29, 0.717) is 0 Å². The van der Waals surface area contributed by atoms with Crippen LogP contribution in [0.25, 0.3) is 33.4 Å². The molecule has 0 bridgehead atoms. The Kier molecular flexibility index (Phi) is 5.78. The number of nitrogens with zero attached hydrogens (tertiary/aromatic N) is 4. The molecule has 6 heteroatoms. The minimum Gasteiger partial charge on any atom is -0.377 e. The molecule has 15 rings (SSSR count). The standard InChI is InChI=1S/C54H32B2N4/c1-5-15-33(16-6-1)34-31-46-50-47(32-34)59(37-21-11-4-12-22-37)45-30-28-41-39-24-14-26-43-49(39)56-48-38(23-13-25-42(48)57(43)35-17-7-2-8-18-35)40-27-29-44(58(46)36-19-9-3-10-20-36)51-53(40)60(56)54(41)52(45)55(50)51/h1-32H. The van der Waals surface area contributed by atoms with Gasteiger partial charge in [0.15, 0.2) is 0 Å². The van der Waals surface area contributed by atoms with Crippen LogP contribution in [0.3, 0.4) is 0 Å². The number of anilines is 11. The van der Waals surface area contributed by atoms with Crippen molar-refractivity contribution in [2.24, 2.45) is 0 Å². The van der Waals surface area contributed by atoms with Gasteiger partial charge in [-0.1, -0.05) is 121 Å². The molecule has 0 saturated heterocycles. The molecule has 60 heavy (non-hydrogen) atoms. The van der Waals surface area contributed by atoms with Crippen LogP contribution < -0.4 is 46.8 Å². The van der Waals surface area contributed by atoms with Gasteiger partial charge in [-0.15, -0.1) is 0 Å². The lowest BCUT2D eigenvalue weighted by Crippen LogP contribution is -2.72. The summed E-state index contributed by atoms with van der Waals surface area (Å²) in [5, 5.41) is 0. The van der Waals surface area contributed by atoms with Gasteiger partial charge in [0.25, 0.3) is 6.71 Å². The van der Waals surface area contributed by atoms with Gasteiger partial charge >= 0.3 is 6.85 Å². The molecule has 6 aliphatic rings. The van der Waals surface area contributed by atoms with Crippen LogP contribution in [-0.2, 0) is 0 Å². The molecule has 0 radical (unpaired) electrons. The van der Waals surface area contributed by atoms with Crippen LogP contribution in [0.4, 0.5) is 62.6 Å². The Balaban J connectivity index is 1.13. The second kappa shape index (κ2) is 11.1. The molecule has 0 atom stereocenters. The van der Waals surface area contributed by atoms with Crippen LogP contribution >= 0.6 is 0 Å². The van der Waals surface area contributed by atoms with Gasteiger partial charge in [-0.3, -0.25) is 0 Å². The lowest BCUT2D eigenvalue weighted by Gasteiger charge is -2.56. The average molecular weight is 759 g/mol. The Labute approximate surface area is 349 Å². The zero-order valence-corrected chi connectivity index (χ0v) is 32.4. The van der Waals surface area contributed by atoms with Crippen molar-refractivity contribution in [3.63, 3.8) is 0 Å². The highest BCUT2D eigenvalue weighted by atomic mass is 15.2. The van der Waals surface area contributed by atoms with E-state index in [4.69, 9.17) is 0 Å². The minimum absolute atomic E-state index is 0.0138. The largest absolute Gasteiger partial charge is 0.377 e. The number of rotatable bonds is 4. The van der Waals surface area contributed by atoms with Gasteiger partial charge in [0.1, 0.15) is 0 Å². The molecule has 6 heterocycles. The third-order valence-corrected chi connectivity index (χ3v) is 14.0. The maximum atomic E-state index is 2.79. The van der Waals surface area contributed by atoms with Crippen molar-refractivity contribution < 1.29 is 0 Å². The van der Waals surface area contributed by atoms with E-state index in [1.54, 1.807) is 0 Å². The summed E-state index contributed by atoms with van der Waals surface area (Å²) in [6.45, 7) is 0.0460. The highest BCUT2D eigenvalue weighted by Gasteiger charge is 2.57. The molecule has 4 nitrogen and oxygen atoms in total. The van der Waals surface area contributed by atoms with Gasteiger partial charge < -0.3 is 19.5 Å². The summed E-state index contributed by atoms with van der Waals surface area (Å²) in [6.07, 6.45) is 0. The van der Waals surface area contributed by atoms with E-state index in [-0.39, 0.29) is 13.6 Å². The Hall–Kier alpha value is -7.69. The van der Waals surface area contributed by atoms with Gasteiger partial charge in [0, 0.05) is 73.7 Å². The third kappa shape index (κ3) is 3.68. The third-order valence-electron chi connectivity index (χ3n) is 14.0. The van der Waals surface area contributed by atoms with Crippen LogP contribution in [0.1, 0.15) is 0 Å². The molecule has 0 fully saturated rings. The van der Waals surface area contributed by atoms with Crippen LogP contribution in [0, 0.1) is 0 Å². The SMILES string of the molecule is c1ccc(-c2cc3c4c(c2)N(c2ccccc2)c2ccc5c6c2B4c2c(ccc4c2N6B2c6c-4cccc6N(c4ccccc4)c4cccc-5c42)N3c2ccccc2)cc1. The van der Waals surface area contributed by atoms with Gasteiger partial charge in [-0.25, -0.2) is 0 Å². The molecule has 274 valence electrons. The zero-order chi connectivity index (χ0) is 38.8. The molecule has 9 aromatic carbocycles. The molecule has 0 aliphatic carbocycles. The summed E-state index contributed by atoms with van der Waals surface area (Å²) in [7, 11) is 0. The first-order chi connectivity index (χ1) is 29.8. The lowest BCUT2D eigenvalue weighted by atomic mass is 9.29. The van der Waals surface area contributed by atoms with Crippen molar-refractivity contribution in [1.82, 2.24) is 0 Å². The number of hydrogen-bond donors (Lipinski definition) is 0. The van der Waals surface area contributed by atoms with E-state index in [1.165, 1.54) is 112 Å². The van der Waals surface area contributed by atoms with Crippen molar-refractivity contribution in [1.29, 1.82) is 0 Å². The van der Waals surface area contributed by atoms with Gasteiger partial charge in [0.05, 0.1) is 0 Å². The van der Waals surface area contributed by atoms with E-state index in [0.717, 1.165) is 11.4 Å². The maximum absolute atomic E-state index is 2.79. The average Bonchev–Trinajstić information content (AvgIpc) is 3.32. The fourth-order valence-electron chi connectivity index (χ4n) is 11.9. The normalized spacial score (nSPS) is 14.5. The molecular weight excluding hydrogens is 726 g/mol. The van der Waals surface area contributed by atoms with E-state index in [2.05, 4.69) is 214 Å². The fraction of sp³-hybridized carbons (Fsp3) is 0. The first-order valence-electron chi connectivity index (χ1n) is 21.0. The van der Waals surface area contributed by atoms with Crippen molar-refractivity contribution in [3.8, 4) is 33.4 Å². The summed E-state index contributed by atoms with van der Waals surface area (Å²) in [6, 6.07) is 72.5. The van der Waals surface area contributed by atoms with Gasteiger partial charge in [-0.05, 0) is 122 Å². The maximum Gasteiger partial charge on any atom is 0.333 e. The minimum atomic E-state index is 0.0138. The smallest absolute Gasteiger partial charge is 0.333 e. The summed E-state index contributed by atoms with van der Waals surface area (Å²) < 4.78 is 0. The first kappa shape index (κ1) is 31.3. The van der Waals surface area contributed by atoms with E-state index in [1.807, 2.05) is 0 Å². The summed E-state index contributed by atoms with van der Waals surface area (Å²) >= 11 is 0. The van der Waals surface area contributed by atoms with Crippen LogP contribution in [0.15, 0.2) is 194 Å². The number of para-hydroxylation sites is 3. The van der Waals surface area contributed by atoms with Crippen molar-refractivity contribution >= 4 is 103 Å². The summed E-state index contributed by atoms with van der Waals surface area (Å²) in [5.41, 5.74) is 28.3. The number of fused-ring (bicyclic) bond motifs is 2. The second-order valence-electron chi connectivity index (χ2n) is 16.8. The molecule has 0 aromatic heterocycles. The number of hydrogen-bond acceptors (Lipinski definition) is 4. The topological polar surface area (TPSA) is 13.0 Å². The van der Waals surface area contributed by atoms with E-state index < -0.39 is 0 Å². The Morgan fingerprint density at radius 1 is 0.283 bits per heavy atom. The zero-order valence-electron chi connectivity index (χ0n) is 32.4. The first-order valence-corrected chi connectivity index (χ1v) is 21.0. The molecule has 0 amide bonds. The van der Waals surface area contributed by atoms with Crippen molar-refractivity contribution in [2.75, 3.05) is 19.5 Å². The van der Waals surface area contributed by atoms with Crippen LogP contribution in [-0.4, -0.2) is 13.6 Å². The number of benzene rings is 9. The molecular formula is C54H32B2N4. The Morgan fingerprint density at radius 2 is 0.700 bits per heavy atom.